The van der Waals surface area contributed by atoms with Gasteiger partial charge in [0.2, 0.25) is 11.7 Å². The molecule has 4 rings (SSSR count). The Labute approximate surface area is 155 Å². The fourth-order valence-corrected chi connectivity index (χ4v) is 3.95. The molecule has 0 spiro atoms. The van der Waals surface area contributed by atoms with Crippen LogP contribution in [-0.4, -0.2) is 33.1 Å². The minimum Gasteiger partial charge on any atom is -0.339 e. The van der Waals surface area contributed by atoms with E-state index in [0.717, 1.165) is 48.7 Å². The van der Waals surface area contributed by atoms with Gasteiger partial charge < -0.3 is 4.52 Å². The summed E-state index contributed by atoms with van der Waals surface area (Å²) in [6.07, 6.45) is 1.99. The number of likely N-dealkylation sites (tertiary alicyclic amines) is 1. The first kappa shape index (κ1) is 17.3. The number of benzene rings is 1. The Morgan fingerprint density at radius 2 is 2.04 bits per heavy atom. The van der Waals surface area contributed by atoms with Crippen LogP contribution in [0.2, 0.25) is 0 Å². The van der Waals surface area contributed by atoms with E-state index in [1.165, 1.54) is 6.07 Å². The number of hydrogen-bond acceptors (Lipinski definition) is 6. The summed E-state index contributed by atoms with van der Waals surface area (Å²) < 4.78 is 18.9. The SMILES string of the molecule is Cc1nc(CN2CCC(c3nc(-c4ccc(F)c(C)c4)no3)CC2)cs1. The molecule has 1 aliphatic heterocycles. The topological polar surface area (TPSA) is 55.1 Å². The zero-order valence-electron chi connectivity index (χ0n) is 14.9. The Morgan fingerprint density at radius 1 is 1.23 bits per heavy atom. The van der Waals surface area contributed by atoms with E-state index in [-0.39, 0.29) is 11.7 Å². The van der Waals surface area contributed by atoms with E-state index >= 15 is 0 Å². The molecule has 5 nitrogen and oxygen atoms in total. The van der Waals surface area contributed by atoms with Crippen LogP contribution < -0.4 is 0 Å². The summed E-state index contributed by atoms with van der Waals surface area (Å²) in [5.41, 5.74) is 2.52. The normalized spacial score (nSPS) is 16.3. The second-order valence-electron chi connectivity index (χ2n) is 6.83. The van der Waals surface area contributed by atoms with Gasteiger partial charge in [-0.25, -0.2) is 9.37 Å². The molecule has 0 unspecified atom stereocenters. The highest BCUT2D eigenvalue weighted by Gasteiger charge is 2.25. The van der Waals surface area contributed by atoms with E-state index in [9.17, 15) is 4.39 Å². The molecular weight excluding hydrogens is 351 g/mol. The van der Waals surface area contributed by atoms with Gasteiger partial charge in [-0.3, -0.25) is 4.90 Å². The predicted octanol–water partition coefficient (Wildman–Crippen LogP) is 4.33. The smallest absolute Gasteiger partial charge is 0.230 e. The van der Waals surface area contributed by atoms with Gasteiger partial charge in [0.05, 0.1) is 10.7 Å². The van der Waals surface area contributed by atoms with Crippen molar-refractivity contribution in [2.75, 3.05) is 13.1 Å². The largest absolute Gasteiger partial charge is 0.339 e. The molecule has 0 aliphatic carbocycles. The van der Waals surface area contributed by atoms with Crippen molar-refractivity contribution in [1.29, 1.82) is 0 Å². The molecule has 3 aromatic rings. The van der Waals surface area contributed by atoms with Crippen LogP contribution in [0.1, 0.15) is 40.9 Å². The summed E-state index contributed by atoms with van der Waals surface area (Å²) in [4.78, 5) is 11.5. The predicted molar refractivity (Wildman–Crippen MR) is 98.5 cm³/mol. The molecule has 0 amide bonds. The Hall–Kier alpha value is -2.12. The Morgan fingerprint density at radius 3 is 2.73 bits per heavy atom. The van der Waals surface area contributed by atoms with Crippen molar-refractivity contribution in [1.82, 2.24) is 20.0 Å². The summed E-state index contributed by atoms with van der Waals surface area (Å²) in [6.45, 7) is 6.67. The minimum absolute atomic E-state index is 0.222. The first-order valence-electron chi connectivity index (χ1n) is 8.82. The fourth-order valence-electron chi connectivity index (χ4n) is 3.35. The maximum absolute atomic E-state index is 13.4. The van der Waals surface area contributed by atoms with Crippen LogP contribution in [0.5, 0.6) is 0 Å². The number of halogens is 1. The Bertz CT molecular complexity index is 899. The molecule has 0 saturated carbocycles. The molecule has 2 aromatic heterocycles. The van der Waals surface area contributed by atoms with E-state index in [2.05, 4.69) is 25.4 Å². The standard InChI is InChI=1S/C19H21FN4OS/c1-12-9-15(3-4-17(12)20)18-22-19(25-23-18)14-5-7-24(8-6-14)10-16-11-26-13(2)21-16/h3-4,9,11,14H,5-8,10H2,1-2H3. The van der Waals surface area contributed by atoms with Crippen molar-refractivity contribution in [2.45, 2.75) is 39.2 Å². The van der Waals surface area contributed by atoms with Gasteiger partial charge in [-0.15, -0.1) is 11.3 Å². The third-order valence-electron chi connectivity index (χ3n) is 4.85. The van der Waals surface area contributed by atoms with Crippen molar-refractivity contribution in [3.8, 4) is 11.4 Å². The molecule has 1 saturated heterocycles. The molecule has 1 fully saturated rings. The van der Waals surface area contributed by atoms with Gasteiger partial charge >= 0.3 is 0 Å². The fraction of sp³-hybridized carbons (Fsp3) is 0.421. The number of nitrogens with zero attached hydrogens (tertiary/aromatic N) is 4. The van der Waals surface area contributed by atoms with Crippen LogP contribution >= 0.6 is 11.3 Å². The van der Waals surface area contributed by atoms with Crippen LogP contribution in [0.4, 0.5) is 4.39 Å². The zero-order valence-corrected chi connectivity index (χ0v) is 15.7. The molecule has 1 aromatic carbocycles. The number of piperidine rings is 1. The molecule has 0 atom stereocenters. The van der Waals surface area contributed by atoms with Gasteiger partial charge in [-0.05, 0) is 63.5 Å². The number of hydrogen-bond donors (Lipinski definition) is 0. The highest BCUT2D eigenvalue weighted by Crippen LogP contribution is 2.29. The summed E-state index contributed by atoms with van der Waals surface area (Å²) in [5.74, 6) is 1.28. The Balaban J connectivity index is 1.39. The van der Waals surface area contributed by atoms with Gasteiger partial charge in [-0.2, -0.15) is 4.98 Å². The van der Waals surface area contributed by atoms with Gasteiger partial charge in [0.25, 0.3) is 0 Å². The number of rotatable bonds is 4. The maximum Gasteiger partial charge on any atom is 0.230 e. The van der Waals surface area contributed by atoms with Crippen LogP contribution in [-0.2, 0) is 6.54 Å². The first-order valence-corrected chi connectivity index (χ1v) is 9.70. The van der Waals surface area contributed by atoms with E-state index in [1.807, 2.05) is 6.92 Å². The number of aryl methyl sites for hydroxylation is 2. The summed E-state index contributed by atoms with van der Waals surface area (Å²) in [5, 5.41) is 7.34. The highest BCUT2D eigenvalue weighted by molar-refractivity contribution is 7.09. The average molecular weight is 372 g/mol. The van der Waals surface area contributed by atoms with Gasteiger partial charge in [-0.1, -0.05) is 5.16 Å². The lowest BCUT2D eigenvalue weighted by molar-refractivity contribution is 0.186. The van der Waals surface area contributed by atoms with E-state index < -0.39 is 0 Å². The third kappa shape index (κ3) is 3.68. The van der Waals surface area contributed by atoms with E-state index in [0.29, 0.717) is 17.3 Å². The van der Waals surface area contributed by atoms with E-state index in [4.69, 9.17) is 4.52 Å². The van der Waals surface area contributed by atoms with Crippen LogP contribution in [0.3, 0.4) is 0 Å². The summed E-state index contributed by atoms with van der Waals surface area (Å²) >= 11 is 1.70. The lowest BCUT2D eigenvalue weighted by Gasteiger charge is -2.29. The third-order valence-corrected chi connectivity index (χ3v) is 5.67. The van der Waals surface area contributed by atoms with Crippen molar-refractivity contribution in [3.05, 3.63) is 51.6 Å². The second kappa shape index (κ2) is 7.25. The second-order valence-corrected chi connectivity index (χ2v) is 7.89. The minimum atomic E-state index is -0.222. The molecule has 7 heteroatoms. The quantitative estimate of drug-likeness (QED) is 0.682. The molecule has 26 heavy (non-hydrogen) atoms. The summed E-state index contributed by atoms with van der Waals surface area (Å²) in [7, 11) is 0. The van der Waals surface area contributed by atoms with Gasteiger partial charge in [0.1, 0.15) is 5.82 Å². The maximum atomic E-state index is 13.4. The molecule has 0 radical (unpaired) electrons. The molecule has 0 bridgehead atoms. The average Bonchev–Trinajstić information content (AvgIpc) is 3.27. The van der Waals surface area contributed by atoms with Gasteiger partial charge in [0.15, 0.2) is 0 Å². The van der Waals surface area contributed by atoms with Crippen LogP contribution in [0, 0.1) is 19.7 Å². The molecule has 1 aliphatic rings. The lowest BCUT2D eigenvalue weighted by atomic mass is 9.96. The van der Waals surface area contributed by atoms with E-state index in [1.54, 1.807) is 30.4 Å². The lowest BCUT2D eigenvalue weighted by Crippen LogP contribution is -2.32. The van der Waals surface area contributed by atoms with Crippen molar-refractivity contribution in [3.63, 3.8) is 0 Å². The monoisotopic (exact) mass is 372 g/mol. The molecule has 3 heterocycles. The van der Waals surface area contributed by atoms with Crippen molar-refractivity contribution < 1.29 is 8.91 Å². The first-order chi connectivity index (χ1) is 12.6. The molecular formula is C19H21FN4OS. The highest BCUT2D eigenvalue weighted by atomic mass is 32.1. The van der Waals surface area contributed by atoms with Crippen LogP contribution in [0.15, 0.2) is 28.1 Å². The Kier molecular flexibility index (Phi) is 4.82. The zero-order chi connectivity index (χ0) is 18.1. The van der Waals surface area contributed by atoms with Gasteiger partial charge in [0, 0.05) is 23.4 Å². The van der Waals surface area contributed by atoms with Crippen molar-refractivity contribution >= 4 is 11.3 Å². The van der Waals surface area contributed by atoms with Crippen molar-refractivity contribution in [2.24, 2.45) is 0 Å². The number of thiazole rings is 1. The van der Waals surface area contributed by atoms with Crippen LogP contribution in [0.25, 0.3) is 11.4 Å². The number of aromatic nitrogens is 3. The molecule has 136 valence electrons. The summed E-state index contributed by atoms with van der Waals surface area (Å²) in [6, 6.07) is 4.89. The molecule has 0 N–H and O–H groups in total.